The number of hydrogen-bond acceptors (Lipinski definition) is 3. The minimum absolute atomic E-state index is 0.0645. The fourth-order valence-corrected chi connectivity index (χ4v) is 1.80. The summed E-state index contributed by atoms with van der Waals surface area (Å²) < 4.78 is 5.45. The van der Waals surface area contributed by atoms with Gasteiger partial charge in [-0.15, -0.1) is 0 Å². The van der Waals surface area contributed by atoms with Gasteiger partial charge < -0.3 is 9.84 Å². The standard InChI is InChI=1S/C13H9Cl2NO3/c14-10-1-2-12(15)9(3-10)7-19-11-4-8(13(17)18)5-16-6-11/h1-6H,7H2,(H,17,18). The molecule has 4 nitrogen and oxygen atoms in total. The monoisotopic (exact) mass is 297 g/mol. The van der Waals surface area contributed by atoms with E-state index in [1.165, 1.54) is 18.5 Å². The summed E-state index contributed by atoms with van der Waals surface area (Å²) in [6.45, 7) is 0.185. The van der Waals surface area contributed by atoms with E-state index in [0.717, 1.165) is 5.56 Å². The summed E-state index contributed by atoms with van der Waals surface area (Å²) in [4.78, 5) is 14.6. The molecule has 0 saturated heterocycles. The number of rotatable bonds is 4. The molecule has 19 heavy (non-hydrogen) atoms. The zero-order chi connectivity index (χ0) is 13.8. The number of aromatic nitrogens is 1. The van der Waals surface area contributed by atoms with Gasteiger partial charge in [-0.05, 0) is 24.3 Å². The Bertz CT molecular complexity index is 617. The molecule has 6 heteroatoms. The number of carbonyl (C=O) groups is 1. The molecule has 0 bridgehead atoms. The van der Waals surface area contributed by atoms with Crippen molar-refractivity contribution in [3.8, 4) is 5.75 Å². The van der Waals surface area contributed by atoms with E-state index in [2.05, 4.69) is 4.98 Å². The third-order valence-corrected chi connectivity index (χ3v) is 2.97. The quantitative estimate of drug-likeness (QED) is 0.935. The number of aromatic carboxylic acids is 1. The predicted octanol–water partition coefficient (Wildman–Crippen LogP) is 3.67. The second-order valence-electron chi connectivity index (χ2n) is 3.74. The first kappa shape index (κ1) is 13.6. The molecule has 2 rings (SSSR count). The maximum atomic E-state index is 10.8. The molecule has 1 heterocycles. The van der Waals surface area contributed by atoms with Crippen LogP contribution in [0.1, 0.15) is 15.9 Å². The van der Waals surface area contributed by atoms with Crippen LogP contribution in [-0.4, -0.2) is 16.1 Å². The summed E-state index contributed by atoms with van der Waals surface area (Å²) in [5.74, 6) is -0.699. The lowest BCUT2D eigenvalue weighted by molar-refractivity contribution is 0.0696. The Labute approximate surface area is 119 Å². The number of ether oxygens (including phenoxy) is 1. The van der Waals surface area contributed by atoms with Crippen molar-refractivity contribution >= 4 is 29.2 Å². The molecule has 1 aromatic carbocycles. The maximum absolute atomic E-state index is 10.8. The van der Waals surface area contributed by atoms with Gasteiger partial charge in [0.05, 0.1) is 11.8 Å². The molecule has 0 unspecified atom stereocenters. The lowest BCUT2D eigenvalue weighted by Crippen LogP contribution is -2.00. The first-order valence-corrected chi connectivity index (χ1v) is 6.07. The topological polar surface area (TPSA) is 59.4 Å². The smallest absolute Gasteiger partial charge is 0.337 e. The summed E-state index contributed by atoms with van der Waals surface area (Å²) in [6.07, 6.45) is 2.69. The van der Waals surface area contributed by atoms with E-state index in [1.807, 2.05) is 0 Å². The number of pyridine rings is 1. The fourth-order valence-electron chi connectivity index (χ4n) is 1.43. The molecule has 0 radical (unpaired) electrons. The van der Waals surface area contributed by atoms with Gasteiger partial charge in [0.1, 0.15) is 12.4 Å². The lowest BCUT2D eigenvalue weighted by Gasteiger charge is -2.08. The largest absolute Gasteiger partial charge is 0.487 e. The van der Waals surface area contributed by atoms with Crippen molar-refractivity contribution in [3.05, 3.63) is 57.8 Å². The molecule has 0 spiro atoms. The van der Waals surface area contributed by atoms with Crippen LogP contribution in [0, 0.1) is 0 Å². The molecule has 1 aromatic heterocycles. The number of halogens is 2. The Morgan fingerprint density at radius 3 is 2.79 bits per heavy atom. The van der Waals surface area contributed by atoms with E-state index in [9.17, 15) is 4.79 Å². The van der Waals surface area contributed by atoms with Crippen LogP contribution in [-0.2, 0) is 6.61 Å². The molecule has 0 aliphatic carbocycles. The SMILES string of the molecule is O=C(O)c1cncc(OCc2cc(Cl)ccc2Cl)c1. The van der Waals surface area contributed by atoms with E-state index in [1.54, 1.807) is 18.2 Å². The van der Waals surface area contributed by atoms with E-state index in [0.29, 0.717) is 15.8 Å². The molecule has 0 fully saturated rings. The summed E-state index contributed by atoms with van der Waals surface area (Å²) in [6, 6.07) is 6.45. The molecular weight excluding hydrogens is 289 g/mol. The number of nitrogens with zero attached hydrogens (tertiary/aromatic N) is 1. The van der Waals surface area contributed by atoms with Crippen LogP contribution in [0.3, 0.4) is 0 Å². The van der Waals surface area contributed by atoms with Gasteiger partial charge in [0.15, 0.2) is 0 Å². The molecule has 0 aliphatic heterocycles. The third-order valence-electron chi connectivity index (χ3n) is 2.36. The summed E-state index contributed by atoms with van der Waals surface area (Å²) in [7, 11) is 0. The van der Waals surface area contributed by atoms with Gasteiger partial charge in [-0.3, -0.25) is 4.98 Å². The molecule has 0 amide bonds. The second kappa shape index (κ2) is 5.91. The summed E-state index contributed by atoms with van der Waals surface area (Å²) in [5.41, 5.74) is 0.782. The number of hydrogen-bond donors (Lipinski definition) is 1. The maximum Gasteiger partial charge on any atom is 0.337 e. The van der Waals surface area contributed by atoms with Crippen LogP contribution >= 0.6 is 23.2 Å². The Hall–Kier alpha value is -1.78. The molecule has 0 aliphatic rings. The zero-order valence-electron chi connectivity index (χ0n) is 9.64. The van der Waals surface area contributed by atoms with Crippen molar-refractivity contribution < 1.29 is 14.6 Å². The molecule has 0 atom stereocenters. The van der Waals surface area contributed by atoms with Crippen molar-refractivity contribution in [1.29, 1.82) is 0 Å². The highest BCUT2D eigenvalue weighted by molar-refractivity contribution is 6.33. The van der Waals surface area contributed by atoms with E-state index < -0.39 is 5.97 Å². The highest BCUT2D eigenvalue weighted by Gasteiger charge is 2.06. The Morgan fingerprint density at radius 1 is 1.26 bits per heavy atom. The van der Waals surface area contributed by atoms with E-state index in [-0.39, 0.29) is 12.2 Å². The Morgan fingerprint density at radius 2 is 2.05 bits per heavy atom. The minimum Gasteiger partial charge on any atom is -0.487 e. The van der Waals surface area contributed by atoms with Gasteiger partial charge in [-0.1, -0.05) is 23.2 Å². The van der Waals surface area contributed by atoms with Crippen molar-refractivity contribution in [2.75, 3.05) is 0 Å². The van der Waals surface area contributed by atoms with Gasteiger partial charge >= 0.3 is 5.97 Å². The molecule has 98 valence electrons. The van der Waals surface area contributed by atoms with E-state index in [4.69, 9.17) is 33.0 Å². The molecular formula is C13H9Cl2NO3. The first-order valence-electron chi connectivity index (χ1n) is 5.31. The van der Waals surface area contributed by atoms with Crippen molar-refractivity contribution in [2.24, 2.45) is 0 Å². The summed E-state index contributed by atoms with van der Waals surface area (Å²) >= 11 is 11.9. The average molecular weight is 298 g/mol. The van der Waals surface area contributed by atoms with Crippen LogP contribution in [0.25, 0.3) is 0 Å². The predicted molar refractivity (Wildman–Crippen MR) is 72.0 cm³/mol. The average Bonchev–Trinajstić information content (AvgIpc) is 2.40. The van der Waals surface area contributed by atoms with Crippen molar-refractivity contribution in [1.82, 2.24) is 4.98 Å². The molecule has 0 saturated carbocycles. The Kier molecular flexibility index (Phi) is 4.24. The van der Waals surface area contributed by atoms with Gasteiger partial charge in [0.2, 0.25) is 0 Å². The van der Waals surface area contributed by atoms with Crippen molar-refractivity contribution in [3.63, 3.8) is 0 Å². The van der Waals surface area contributed by atoms with Crippen LogP contribution in [0.15, 0.2) is 36.7 Å². The number of carboxylic acid groups (broad SMARTS) is 1. The first-order chi connectivity index (χ1) is 9.06. The van der Waals surface area contributed by atoms with Gasteiger partial charge in [-0.25, -0.2) is 4.79 Å². The number of benzene rings is 1. The van der Waals surface area contributed by atoms with Crippen LogP contribution < -0.4 is 4.74 Å². The minimum atomic E-state index is -1.06. The van der Waals surface area contributed by atoms with Crippen LogP contribution in [0.2, 0.25) is 10.0 Å². The second-order valence-corrected chi connectivity index (χ2v) is 4.58. The summed E-state index contributed by atoms with van der Waals surface area (Å²) in [5, 5.41) is 9.93. The Balaban J connectivity index is 2.12. The molecule has 1 N–H and O–H groups in total. The van der Waals surface area contributed by atoms with E-state index >= 15 is 0 Å². The van der Waals surface area contributed by atoms with Gasteiger partial charge in [-0.2, -0.15) is 0 Å². The lowest BCUT2D eigenvalue weighted by atomic mass is 10.2. The van der Waals surface area contributed by atoms with Crippen LogP contribution in [0.5, 0.6) is 5.75 Å². The fraction of sp³-hybridized carbons (Fsp3) is 0.0769. The normalized spacial score (nSPS) is 10.2. The van der Waals surface area contributed by atoms with Gasteiger partial charge in [0, 0.05) is 21.8 Å². The van der Waals surface area contributed by atoms with Crippen molar-refractivity contribution in [2.45, 2.75) is 6.61 Å². The highest BCUT2D eigenvalue weighted by atomic mass is 35.5. The molecule has 2 aromatic rings. The number of carboxylic acids is 1. The van der Waals surface area contributed by atoms with Crippen LogP contribution in [0.4, 0.5) is 0 Å². The third kappa shape index (κ3) is 3.59. The van der Waals surface area contributed by atoms with Gasteiger partial charge in [0.25, 0.3) is 0 Å². The highest BCUT2D eigenvalue weighted by Crippen LogP contribution is 2.22. The zero-order valence-corrected chi connectivity index (χ0v) is 11.1.